The topological polar surface area (TPSA) is 108 Å². The van der Waals surface area contributed by atoms with Crippen LogP contribution in [0.4, 0.5) is 17.5 Å². The Hall–Kier alpha value is -3.07. The van der Waals surface area contributed by atoms with Gasteiger partial charge in [0.05, 0.1) is 18.8 Å². The summed E-state index contributed by atoms with van der Waals surface area (Å²) in [4.78, 5) is 25.7. The summed E-state index contributed by atoms with van der Waals surface area (Å²) in [7, 11) is 1.63. The van der Waals surface area contributed by atoms with Gasteiger partial charge >= 0.3 is 5.76 Å². The molecule has 0 bridgehead atoms. The minimum Gasteiger partial charge on any atom is -0.491 e. The minimum absolute atomic E-state index is 0.455. The van der Waals surface area contributed by atoms with Crippen LogP contribution >= 0.6 is 0 Å². The van der Waals surface area contributed by atoms with Crippen molar-refractivity contribution in [3.8, 4) is 5.75 Å². The van der Waals surface area contributed by atoms with Crippen molar-refractivity contribution in [1.82, 2.24) is 19.9 Å². The third-order valence-corrected chi connectivity index (χ3v) is 6.41. The number of oxazole rings is 1. The van der Waals surface area contributed by atoms with E-state index in [-0.39, 0.29) is 0 Å². The molecule has 1 aromatic carbocycles. The first-order valence-corrected chi connectivity index (χ1v) is 11.0. The van der Waals surface area contributed by atoms with E-state index >= 15 is 0 Å². The Kier molecular flexibility index (Phi) is 5.50. The number of anilines is 3. The molecule has 2 aliphatic rings. The zero-order valence-corrected chi connectivity index (χ0v) is 17.7. The third kappa shape index (κ3) is 4.23. The molecule has 4 heterocycles. The Balaban J connectivity index is 1.31. The van der Waals surface area contributed by atoms with Gasteiger partial charge in [-0.3, -0.25) is 4.98 Å². The molecule has 9 heteroatoms. The van der Waals surface area contributed by atoms with E-state index in [0.717, 1.165) is 12.2 Å². The fourth-order valence-electron chi connectivity index (χ4n) is 4.91. The summed E-state index contributed by atoms with van der Waals surface area (Å²) in [5.41, 5.74) is 1.89. The van der Waals surface area contributed by atoms with Crippen molar-refractivity contribution in [2.24, 2.45) is 5.92 Å². The van der Waals surface area contributed by atoms with Gasteiger partial charge in [-0.25, -0.2) is 9.78 Å². The van der Waals surface area contributed by atoms with Gasteiger partial charge in [-0.15, -0.1) is 0 Å². The van der Waals surface area contributed by atoms with E-state index in [1.807, 2.05) is 6.07 Å². The summed E-state index contributed by atoms with van der Waals surface area (Å²) in [5, 5.41) is 6.71. The summed E-state index contributed by atoms with van der Waals surface area (Å²) in [6.45, 7) is 3.34. The van der Waals surface area contributed by atoms with Crippen molar-refractivity contribution >= 4 is 28.6 Å². The molecule has 0 amide bonds. The molecule has 0 saturated carbocycles. The van der Waals surface area contributed by atoms with E-state index in [0.29, 0.717) is 40.6 Å². The van der Waals surface area contributed by atoms with Gasteiger partial charge in [0.25, 0.3) is 0 Å². The second kappa shape index (κ2) is 8.58. The Bertz CT molecular complexity index is 1110. The molecular weight excluding hydrogens is 396 g/mol. The summed E-state index contributed by atoms with van der Waals surface area (Å²) >= 11 is 0. The van der Waals surface area contributed by atoms with E-state index in [4.69, 9.17) is 9.15 Å². The predicted octanol–water partition coefficient (Wildman–Crippen LogP) is 3.34. The number of fused-ring (bicyclic) bond motifs is 2. The summed E-state index contributed by atoms with van der Waals surface area (Å²) in [5.74, 6) is 1.91. The number of hydrogen-bond acceptors (Lipinski definition) is 8. The number of aromatic nitrogens is 3. The quantitative estimate of drug-likeness (QED) is 0.553. The fourth-order valence-corrected chi connectivity index (χ4v) is 4.91. The van der Waals surface area contributed by atoms with Crippen molar-refractivity contribution in [2.45, 2.75) is 38.1 Å². The lowest BCUT2D eigenvalue weighted by atomic mass is 9.83. The lowest BCUT2D eigenvalue weighted by Crippen LogP contribution is -2.49. The van der Waals surface area contributed by atoms with Crippen LogP contribution in [-0.4, -0.2) is 52.6 Å². The van der Waals surface area contributed by atoms with Gasteiger partial charge in [0.15, 0.2) is 17.2 Å². The standard InChI is InChI=1S/C22H28N6O3/c1-30-19-13-24-21(25-15-7-8-18-16(11-15)26-22(29)31-18)27-20(19)23-12-14-5-4-10-28-9-3-2-6-17(14)28/h7-8,11,13-14,17H,2-6,9-10,12H2,1H3,(H,26,29)(H2,23,24,25,27)/t14-,17+/m0/s1. The van der Waals surface area contributed by atoms with Gasteiger partial charge in [0.2, 0.25) is 5.95 Å². The normalized spacial score (nSPS) is 21.6. The maximum absolute atomic E-state index is 11.4. The van der Waals surface area contributed by atoms with Crippen LogP contribution in [0.25, 0.3) is 11.1 Å². The first-order valence-electron chi connectivity index (χ1n) is 11.0. The predicted molar refractivity (Wildman–Crippen MR) is 119 cm³/mol. The molecule has 31 heavy (non-hydrogen) atoms. The number of piperidine rings is 2. The number of methoxy groups -OCH3 is 1. The lowest BCUT2D eigenvalue weighted by Gasteiger charge is -2.44. The van der Waals surface area contributed by atoms with E-state index in [1.54, 1.807) is 25.4 Å². The van der Waals surface area contributed by atoms with Crippen LogP contribution in [0.15, 0.2) is 33.6 Å². The maximum atomic E-state index is 11.4. The van der Waals surface area contributed by atoms with E-state index in [1.165, 1.54) is 45.2 Å². The third-order valence-electron chi connectivity index (χ3n) is 6.41. The highest BCUT2D eigenvalue weighted by atomic mass is 16.5. The van der Waals surface area contributed by atoms with Crippen LogP contribution < -0.4 is 21.1 Å². The summed E-state index contributed by atoms with van der Waals surface area (Å²) < 4.78 is 10.5. The van der Waals surface area contributed by atoms with Crippen molar-refractivity contribution in [2.75, 3.05) is 37.4 Å². The number of aromatic amines is 1. The zero-order chi connectivity index (χ0) is 21.2. The molecule has 3 N–H and O–H groups in total. The molecule has 2 aliphatic heterocycles. The van der Waals surface area contributed by atoms with Gasteiger partial charge in [-0.2, -0.15) is 4.98 Å². The van der Waals surface area contributed by atoms with E-state index < -0.39 is 5.76 Å². The molecule has 0 aliphatic carbocycles. The molecule has 164 valence electrons. The van der Waals surface area contributed by atoms with Crippen LogP contribution in [0.3, 0.4) is 0 Å². The Labute approximate surface area is 180 Å². The molecule has 0 radical (unpaired) electrons. The molecule has 5 rings (SSSR count). The Morgan fingerprint density at radius 2 is 2.16 bits per heavy atom. The average Bonchev–Trinajstić information content (AvgIpc) is 3.17. The Morgan fingerprint density at radius 1 is 1.26 bits per heavy atom. The number of rotatable bonds is 6. The molecule has 2 atom stereocenters. The molecule has 0 spiro atoms. The van der Waals surface area contributed by atoms with Crippen LogP contribution in [-0.2, 0) is 0 Å². The second-order valence-electron chi connectivity index (χ2n) is 8.34. The van der Waals surface area contributed by atoms with Gasteiger partial charge < -0.3 is 24.7 Å². The van der Waals surface area contributed by atoms with Crippen LogP contribution in [0.1, 0.15) is 32.1 Å². The highest BCUT2D eigenvalue weighted by molar-refractivity contribution is 5.78. The maximum Gasteiger partial charge on any atom is 0.417 e. The molecular formula is C22H28N6O3. The number of ether oxygens (including phenoxy) is 1. The molecule has 2 aromatic heterocycles. The van der Waals surface area contributed by atoms with E-state index in [9.17, 15) is 4.79 Å². The van der Waals surface area contributed by atoms with Crippen LogP contribution in [0, 0.1) is 5.92 Å². The summed E-state index contributed by atoms with van der Waals surface area (Å²) in [6.07, 6.45) is 8.12. The smallest absolute Gasteiger partial charge is 0.417 e. The second-order valence-corrected chi connectivity index (χ2v) is 8.34. The first kappa shape index (κ1) is 19.9. The largest absolute Gasteiger partial charge is 0.491 e. The number of nitrogens with one attached hydrogen (secondary N) is 3. The number of hydrogen-bond donors (Lipinski definition) is 3. The molecule has 2 saturated heterocycles. The van der Waals surface area contributed by atoms with Crippen molar-refractivity contribution in [3.63, 3.8) is 0 Å². The zero-order valence-electron chi connectivity index (χ0n) is 17.7. The fraction of sp³-hybridized carbons (Fsp3) is 0.500. The minimum atomic E-state index is -0.474. The number of H-pyrrole nitrogens is 1. The van der Waals surface area contributed by atoms with Crippen molar-refractivity contribution in [3.05, 3.63) is 34.9 Å². The van der Waals surface area contributed by atoms with E-state index in [2.05, 4.69) is 30.5 Å². The van der Waals surface area contributed by atoms with Crippen LogP contribution in [0.2, 0.25) is 0 Å². The average molecular weight is 425 g/mol. The van der Waals surface area contributed by atoms with Crippen LogP contribution in [0.5, 0.6) is 5.75 Å². The highest BCUT2D eigenvalue weighted by Crippen LogP contribution is 2.32. The van der Waals surface area contributed by atoms with Crippen molar-refractivity contribution in [1.29, 1.82) is 0 Å². The van der Waals surface area contributed by atoms with Gasteiger partial charge in [-0.05, 0) is 62.9 Å². The first-order chi connectivity index (χ1) is 15.2. The molecule has 9 nitrogen and oxygen atoms in total. The SMILES string of the molecule is COc1cnc(Nc2ccc3oc(=O)[nH]c3c2)nc1NC[C@@H]1CCCN2CCCC[C@H]12. The molecule has 0 unspecified atom stereocenters. The van der Waals surface area contributed by atoms with Gasteiger partial charge in [0.1, 0.15) is 0 Å². The molecule has 3 aromatic rings. The van der Waals surface area contributed by atoms with Gasteiger partial charge in [-0.1, -0.05) is 6.42 Å². The number of nitrogens with zero attached hydrogens (tertiary/aromatic N) is 3. The van der Waals surface area contributed by atoms with Gasteiger partial charge in [0, 0.05) is 18.3 Å². The highest BCUT2D eigenvalue weighted by Gasteiger charge is 2.32. The van der Waals surface area contributed by atoms with Crippen molar-refractivity contribution < 1.29 is 9.15 Å². The lowest BCUT2D eigenvalue weighted by molar-refractivity contribution is 0.0649. The Morgan fingerprint density at radius 3 is 3.06 bits per heavy atom. The monoisotopic (exact) mass is 424 g/mol. The number of benzene rings is 1. The molecule has 2 fully saturated rings. The summed E-state index contributed by atoms with van der Waals surface area (Å²) in [6, 6.07) is 6.02.